The van der Waals surface area contributed by atoms with Gasteiger partial charge in [0.2, 0.25) is 0 Å². The van der Waals surface area contributed by atoms with Gasteiger partial charge in [0.15, 0.2) is 0 Å². The largest absolute Gasteiger partial charge is 0.495 e. The van der Waals surface area contributed by atoms with Gasteiger partial charge in [-0.2, -0.15) is 0 Å². The zero-order chi connectivity index (χ0) is 15.6. The van der Waals surface area contributed by atoms with E-state index in [2.05, 4.69) is 22.9 Å². The van der Waals surface area contributed by atoms with Gasteiger partial charge in [0.1, 0.15) is 5.75 Å². The Morgan fingerprint density at radius 2 is 2.05 bits per heavy atom. The molecule has 1 aromatic carbocycles. The zero-order valence-corrected chi connectivity index (χ0v) is 12.6. The molecule has 0 spiro atoms. The van der Waals surface area contributed by atoms with Crippen molar-refractivity contribution < 1.29 is 9.66 Å². The minimum atomic E-state index is -0.414. The van der Waals surface area contributed by atoms with Crippen molar-refractivity contribution in [3.8, 4) is 5.75 Å². The van der Waals surface area contributed by atoms with Crippen LogP contribution >= 0.6 is 0 Å². The number of aryl methyl sites for hydroxylation is 1. The molecule has 6 nitrogen and oxygen atoms in total. The summed E-state index contributed by atoms with van der Waals surface area (Å²) in [6, 6.07) is 6.63. The minimum Gasteiger partial charge on any atom is -0.495 e. The van der Waals surface area contributed by atoms with Crippen LogP contribution in [-0.4, -0.2) is 16.6 Å². The molecule has 0 fully saturated rings. The number of aromatic nitrogens is 1. The number of non-ortho nitro benzene ring substituents is 1. The van der Waals surface area contributed by atoms with E-state index in [4.69, 9.17) is 4.74 Å². The molecule has 1 aromatic heterocycles. The Bertz CT molecular complexity index is 677. The lowest BCUT2D eigenvalue weighted by atomic mass is 10.2. The van der Waals surface area contributed by atoms with Crippen molar-refractivity contribution in [3.63, 3.8) is 0 Å². The third-order valence-corrected chi connectivity index (χ3v) is 3.74. The highest BCUT2D eigenvalue weighted by Gasteiger charge is 2.12. The topological polar surface area (TPSA) is 69.3 Å². The highest BCUT2D eigenvalue weighted by Crippen LogP contribution is 2.29. The molecular formula is C15H19N3O3. The van der Waals surface area contributed by atoms with Crippen molar-refractivity contribution in [1.82, 2.24) is 4.57 Å². The summed E-state index contributed by atoms with van der Waals surface area (Å²) in [6.07, 6.45) is 0. The Labute approximate surface area is 123 Å². The van der Waals surface area contributed by atoms with Gasteiger partial charge >= 0.3 is 0 Å². The molecule has 112 valence electrons. The zero-order valence-electron chi connectivity index (χ0n) is 12.6. The summed E-state index contributed by atoms with van der Waals surface area (Å²) < 4.78 is 7.35. The monoisotopic (exact) mass is 289 g/mol. The molecule has 2 aromatic rings. The highest BCUT2D eigenvalue weighted by molar-refractivity contribution is 5.61. The molecule has 0 aliphatic carbocycles. The van der Waals surface area contributed by atoms with E-state index in [1.165, 1.54) is 23.5 Å². The van der Waals surface area contributed by atoms with Crippen molar-refractivity contribution in [2.75, 3.05) is 12.4 Å². The Hall–Kier alpha value is -2.50. The van der Waals surface area contributed by atoms with Gasteiger partial charge in [-0.05, 0) is 31.5 Å². The first-order chi connectivity index (χ1) is 9.93. The summed E-state index contributed by atoms with van der Waals surface area (Å²) in [6.45, 7) is 4.68. The maximum Gasteiger partial charge on any atom is 0.271 e. The normalized spacial score (nSPS) is 10.5. The number of nitro benzene ring substituents is 1. The molecule has 0 bridgehead atoms. The van der Waals surface area contributed by atoms with Gasteiger partial charge in [-0.25, -0.2) is 0 Å². The summed E-state index contributed by atoms with van der Waals surface area (Å²) >= 11 is 0. The first kappa shape index (κ1) is 14.9. The lowest BCUT2D eigenvalue weighted by molar-refractivity contribution is -0.384. The Morgan fingerprint density at radius 1 is 1.33 bits per heavy atom. The van der Waals surface area contributed by atoms with Gasteiger partial charge in [-0.15, -0.1) is 0 Å². The summed E-state index contributed by atoms with van der Waals surface area (Å²) in [7, 11) is 3.56. The number of ether oxygens (including phenoxy) is 1. The van der Waals surface area contributed by atoms with E-state index < -0.39 is 4.92 Å². The quantitative estimate of drug-likeness (QED) is 0.678. The van der Waals surface area contributed by atoms with Crippen LogP contribution in [-0.2, 0) is 13.6 Å². The molecule has 0 amide bonds. The SMILES string of the molecule is COc1ccc([N+](=O)[O-])cc1NCc1cc(C)n(C)c1C. The number of nitro groups is 1. The van der Waals surface area contributed by atoms with Gasteiger partial charge < -0.3 is 14.6 Å². The number of hydrogen-bond acceptors (Lipinski definition) is 4. The first-order valence-electron chi connectivity index (χ1n) is 6.62. The van der Waals surface area contributed by atoms with Crippen LogP contribution in [0.25, 0.3) is 0 Å². The molecule has 1 N–H and O–H groups in total. The maximum absolute atomic E-state index is 10.9. The van der Waals surface area contributed by atoms with E-state index in [-0.39, 0.29) is 5.69 Å². The van der Waals surface area contributed by atoms with Crippen LogP contribution < -0.4 is 10.1 Å². The number of nitrogens with one attached hydrogen (secondary N) is 1. The van der Waals surface area contributed by atoms with E-state index in [1.807, 2.05) is 14.0 Å². The summed E-state index contributed by atoms with van der Waals surface area (Å²) in [5.74, 6) is 0.589. The van der Waals surface area contributed by atoms with Crippen molar-refractivity contribution in [2.45, 2.75) is 20.4 Å². The van der Waals surface area contributed by atoms with Crippen LogP contribution in [0.2, 0.25) is 0 Å². The number of nitrogens with zero attached hydrogens (tertiary/aromatic N) is 2. The smallest absolute Gasteiger partial charge is 0.271 e. The third kappa shape index (κ3) is 2.99. The summed E-state index contributed by atoms with van der Waals surface area (Å²) in [4.78, 5) is 10.4. The van der Waals surface area contributed by atoms with Crippen molar-refractivity contribution in [1.29, 1.82) is 0 Å². The molecule has 0 saturated carbocycles. The molecule has 21 heavy (non-hydrogen) atoms. The number of benzene rings is 1. The van der Waals surface area contributed by atoms with Crippen molar-refractivity contribution >= 4 is 11.4 Å². The van der Waals surface area contributed by atoms with Crippen LogP contribution in [0.4, 0.5) is 11.4 Å². The Morgan fingerprint density at radius 3 is 2.57 bits per heavy atom. The molecular weight excluding hydrogens is 270 g/mol. The fourth-order valence-corrected chi connectivity index (χ4v) is 2.25. The predicted molar refractivity (Wildman–Crippen MR) is 81.9 cm³/mol. The fourth-order valence-electron chi connectivity index (χ4n) is 2.25. The molecule has 0 atom stereocenters. The predicted octanol–water partition coefficient (Wildman–Crippen LogP) is 3.17. The average Bonchev–Trinajstić information content (AvgIpc) is 2.72. The number of rotatable bonds is 5. The van der Waals surface area contributed by atoms with Crippen molar-refractivity contribution in [2.24, 2.45) is 7.05 Å². The maximum atomic E-state index is 10.9. The summed E-state index contributed by atoms with van der Waals surface area (Å²) in [5.41, 5.74) is 4.16. The van der Waals surface area contributed by atoms with Crippen molar-refractivity contribution in [3.05, 3.63) is 51.3 Å². The second-order valence-corrected chi connectivity index (χ2v) is 4.95. The van der Waals surface area contributed by atoms with E-state index in [1.54, 1.807) is 13.2 Å². The third-order valence-electron chi connectivity index (χ3n) is 3.74. The summed E-state index contributed by atoms with van der Waals surface area (Å²) in [5, 5.41) is 14.1. The van der Waals surface area contributed by atoms with E-state index in [9.17, 15) is 10.1 Å². The minimum absolute atomic E-state index is 0.0410. The van der Waals surface area contributed by atoms with Crippen LogP contribution in [0.3, 0.4) is 0 Å². The van der Waals surface area contributed by atoms with Gasteiger partial charge in [-0.1, -0.05) is 0 Å². The Balaban J connectivity index is 2.24. The Kier molecular flexibility index (Phi) is 4.16. The van der Waals surface area contributed by atoms with E-state index in [0.717, 1.165) is 5.56 Å². The number of anilines is 1. The van der Waals surface area contributed by atoms with Crippen LogP contribution in [0.15, 0.2) is 24.3 Å². The standard InChI is InChI=1S/C15H19N3O3/c1-10-7-12(11(2)17(10)3)9-16-14-8-13(18(19)20)5-6-15(14)21-4/h5-8,16H,9H2,1-4H3. The average molecular weight is 289 g/mol. The van der Waals surface area contributed by atoms with Gasteiger partial charge in [0.25, 0.3) is 5.69 Å². The molecule has 0 unspecified atom stereocenters. The first-order valence-corrected chi connectivity index (χ1v) is 6.62. The fraction of sp³-hybridized carbons (Fsp3) is 0.333. The van der Waals surface area contributed by atoms with Crippen LogP contribution in [0, 0.1) is 24.0 Å². The molecule has 0 saturated heterocycles. The van der Waals surface area contributed by atoms with Crippen LogP contribution in [0.1, 0.15) is 17.0 Å². The second-order valence-electron chi connectivity index (χ2n) is 4.95. The highest BCUT2D eigenvalue weighted by atomic mass is 16.6. The molecule has 0 radical (unpaired) electrons. The molecule has 1 heterocycles. The molecule has 0 aliphatic heterocycles. The number of methoxy groups -OCH3 is 1. The molecule has 0 aliphatic rings. The second kappa shape index (κ2) is 5.87. The van der Waals surface area contributed by atoms with E-state index >= 15 is 0 Å². The lowest BCUT2D eigenvalue weighted by Gasteiger charge is -2.11. The van der Waals surface area contributed by atoms with E-state index in [0.29, 0.717) is 18.0 Å². The van der Waals surface area contributed by atoms with Crippen LogP contribution in [0.5, 0.6) is 5.75 Å². The molecule has 2 rings (SSSR count). The lowest BCUT2D eigenvalue weighted by Crippen LogP contribution is -2.03. The van der Waals surface area contributed by atoms with Gasteiger partial charge in [0, 0.05) is 37.1 Å². The van der Waals surface area contributed by atoms with Gasteiger partial charge in [-0.3, -0.25) is 10.1 Å². The molecule has 6 heteroatoms. The van der Waals surface area contributed by atoms with Gasteiger partial charge in [0.05, 0.1) is 17.7 Å². The number of hydrogen-bond donors (Lipinski definition) is 1.